The second-order valence-corrected chi connectivity index (χ2v) is 8.00. The molecule has 1 aromatic rings. The first-order valence-corrected chi connectivity index (χ1v) is 8.93. The first kappa shape index (κ1) is 15.4. The van der Waals surface area contributed by atoms with E-state index in [1.54, 1.807) is 0 Å². The van der Waals surface area contributed by atoms with Gasteiger partial charge in [0.05, 0.1) is 5.51 Å². The highest BCUT2D eigenvalue weighted by atomic mass is 32.2. The zero-order chi connectivity index (χ0) is 14.8. The fraction of sp³-hybridized carbons (Fsp3) is 0.667. The molecule has 0 unspecified atom stereocenters. The molecule has 0 amide bonds. The lowest BCUT2D eigenvalue weighted by molar-refractivity contribution is 0.0687. The quantitative estimate of drug-likeness (QED) is 0.837. The fourth-order valence-electron chi connectivity index (χ4n) is 2.66. The van der Waals surface area contributed by atoms with Gasteiger partial charge in [-0.3, -0.25) is 0 Å². The number of aromatic nitrogens is 1. The van der Waals surface area contributed by atoms with Crippen molar-refractivity contribution < 1.29 is 18.3 Å². The standard InChI is InChI=1S/C12H18N2O4S2/c1-2-12(5-3-4-6-12)7-14-20(17,18)11-9(10(15)16)13-8-19-11/h8,14H,2-7H2,1H3,(H,15,16). The van der Waals surface area contributed by atoms with E-state index >= 15 is 0 Å². The zero-order valence-electron chi connectivity index (χ0n) is 11.3. The summed E-state index contributed by atoms with van der Waals surface area (Å²) in [7, 11) is -3.80. The molecule has 2 N–H and O–H groups in total. The Hall–Kier alpha value is -0.990. The second-order valence-electron chi connectivity index (χ2n) is 5.18. The summed E-state index contributed by atoms with van der Waals surface area (Å²) in [4.78, 5) is 14.6. The van der Waals surface area contributed by atoms with Crippen molar-refractivity contribution in [3.05, 3.63) is 11.2 Å². The van der Waals surface area contributed by atoms with Crippen molar-refractivity contribution in [1.82, 2.24) is 9.71 Å². The lowest BCUT2D eigenvalue weighted by Crippen LogP contribution is -2.35. The van der Waals surface area contributed by atoms with Crippen LogP contribution in [-0.4, -0.2) is 31.0 Å². The lowest BCUT2D eigenvalue weighted by Gasteiger charge is -2.27. The van der Waals surface area contributed by atoms with E-state index in [9.17, 15) is 13.2 Å². The Balaban J connectivity index is 2.15. The zero-order valence-corrected chi connectivity index (χ0v) is 12.9. The van der Waals surface area contributed by atoms with Gasteiger partial charge in [0.25, 0.3) is 10.0 Å². The molecule has 0 spiro atoms. The van der Waals surface area contributed by atoms with Gasteiger partial charge in [-0.2, -0.15) is 0 Å². The molecule has 0 atom stereocenters. The molecule has 1 saturated carbocycles. The molecule has 2 rings (SSSR count). The average molecular weight is 318 g/mol. The summed E-state index contributed by atoms with van der Waals surface area (Å²) < 4.78 is 26.8. The van der Waals surface area contributed by atoms with Crippen molar-refractivity contribution in [3.63, 3.8) is 0 Å². The van der Waals surface area contributed by atoms with Crippen LogP contribution in [0.5, 0.6) is 0 Å². The van der Waals surface area contributed by atoms with Crippen molar-refractivity contribution in [2.24, 2.45) is 5.41 Å². The maximum absolute atomic E-state index is 12.2. The van der Waals surface area contributed by atoms with E-state index in [2.05, 4.69) is 16.6 Å². The number of rotatable bonds is 6. The number of sulfonamides is 1. The lowest BCUT2D eigenvalue weighted by atomic mass is 9.84. The van der Waals surface area contributed by atoms with Crippen LogP contribution in [0.2, 0.25) is 0 Å². The van der Waals surface area contributed by atoms with Crippen LogP contribution in [0, 0.1) is 5.41 Å². The van der Waals surface area contributed by atoms with Crippen LogP contribution in [0.25, 0.3) is 0 Å². The first-order chi connectivity index (χ1) is 9.40. The van der Waals surface area contributed by atoms with E-state index in [-0.39, 0.29) is 9.62 Å². The van der Waals surface area contributed by atoms with E-state index in [1.807, 2.05) is 0 Å². The summed E-state index contributed by atoms with van der Waals surface area (Å²) in [5.74, 6) is -1.32. The van der Waals surface area contributed by atoms with E-state index in [0.29, 0.717) is 6.54 Å². The van der Waals surface area contributed by atoms with E-state index in [4.69, 9.17) is 5.11 Å². The minimum atomic E-state index is -3.80. The molecular weight excluding hydrogens is 300 g/mol. The molecule has 0 bridgehead atoms. The van der Waals surface area contributed by atoms with Crippen LogP contribution in [0.1, 0.15) is 49.5 Å². The van der Waals surface area contributed by atoms with Crippen molar-refractivity contribution in [1.29, 1.82) is 0 Å². The Morgan fingerprint density at radius 1 is 1.50 bits per heavy atom. The van der Waals surface area contributed by atoms with Crippen molar-refractivity contribution in [3.8, 4) is 0 Å². The summed E-state index contributed by atoms with van der Waals surface area (Å²) >= 11 is 0.831. The third kappa shape index (κ3) is 3.02. The molecule has 0 radical (unpaired) electrons. The predicted molar refractivity (Wildman–Crippen MR) is 75.5 cm³/mol. The van der Waals surface area contributed by atoms with Crippen molar-refractivity contribution >= 4 is 27.3 Å². The van der Waals surface area contributed by atoms with Crippen LogP contribution >= 0.6 is 11.3 Å². The third-order valence-corrected chi connectivity index (χ3v) is 6.80. The molecule has 8 heteroatoms. The SMILES string of the molecule is CCC1(CNS(=O)(=O)c2scnc2C(=O)O)CCCC1. The highest BCUT2D eigenvalue weighted by molar-refractivity contribution is 7.91. The average Bonchev–Trinajstić information content (AvgIpc) is 3.06. The number of aromatic carboxylic acids is 1. The minimum absolute atomic E-state index is 0.0150. The molecule has 6 nitrogen and oxygen atoms in total. The Morgan fingerprint density at radius 3 is 2.70 bits per heavy atom. The van der Waals surface area contributed by atoms with E-state index < -0.39 is 21.7 Å². The van der Waals surface area contributed by atoms with Crippen molar-refractivity contribution in [2.45, 2.75) is 43.2 Å². The highest BCUT2D eigenvalue weighted by Crippen LogP contribution is 2.40. The third-order valence-electron chi connectivity index (χ3n) is 4.03. The number of thiazole rings is 1. The van der Waals surface area contributed by atoms with E-state index in [0.717, 1.165) is 43.4 Å². The number of carbonyl (C=O) groups is 1. The van der Waals surface area contributed by atoms with Gasteiger partial charge in [0.15, 0.2) is 9.90 Å². The number of carboxylic acids is 1. The Morgan fingerprint density at radius 2 is 2.15 bits per heavy atom. The summed E-state index contributed by atoms with van der Waals surface area (Å²) in [5, 5.41) is 8.95. The number of hydrogen-bond donors (Lipinski definition) is 2. The number of carboxylic acid groups (broad SMARTS) is 1. The summed E-state index contributed by atoms with van der Waals surface area (Å²) in [6.07, 6.45) is 5.19. The van der Waals surface area contributed by atoms with Gasteiger partial charge in [-0.15, -0.1) is 11.3 Å². The van der Waals surface area contributed by atoms with Gasteiger partial charge >= 0.3 is 5.97 Å². The van der Waals surface area contributed by atoms with Gasteiger partial charge in [-0.25, -0.2) is 22.9 Å². The van der Waals surface area contributed by atoms with Gasteiger partial charge in [0.1, 0.15) is 0 Å². The largest absolute Gasteiger partial charge is 0.476 e. The molecular formula is C12H18N2O4S2. The highest BCUT2D eigenvalue weighted by Gasteiger charge is 2.34. The first-order valence-electron chi connectivity index (χ1n) is 6.57. The van der Waals surface area contributed by atoms with Gasteiger partial charge < -0.3 is 5.11 Å². The van der Waals surface area contributed by atoms with Crippen LogP contribution in [0.4, 0.5) is 0 Å². The van der Waals surface area contributed by atoms with Gasteiger partial charge in [-0.05, 0) is 24.7 Å². The minimum Gasteiger partial charge on any atom is -0.476 e. The van der Waals surface area contributed by atoms with Gasteiger partial charge in [0.2, 0.25) is 0 Å². The fourth-order valence-corrected chi connectivity index (χ4v) is 5.00. The monoisotopic (exact) mass is 318 g/mol. The Labute approximate surface area is 122 Å². The van der Waals surface area contributed by atoms with Crippen LogP contribution < -0.4 is 4.72 Å². The second kappa shape index (κ2) is 5.79. The summed E-state index contributed by atoms with van der Waals surface area (Å²) in [5.41, 5.74) is 0.851. The summed E-state index contributed by atoms with van der Waals surface area (Å²) in [6, 6.07) is 0. The molecule has 0 aliphatic heterocycles. The number of nitrogens with one attached hydrogen (secondary N) is 1. The van der Waals surface area contributed by atoms with Crippen LogP contribution in [0.3, 0.4) is 0 Å². The molecule has 0 saturated heterocycles. The van der Waals surface area contributed by atoms with Crippen LogP contribution in [-0.2, 0) is 10.0 Å². The molecule has 112 valence electrons. The molecule has 1 aromatic heterocycles. The smallest absolute Gasteiger partial charge is 0.356 e. The molecule has 1 aliphatic carbocycles. The normalized spacial score (nSPS) is 18.2. The van der Waals surface area contributed by atoms with Gasteiger partial charge in [-0.1, -0.05) is 19.8 Å². The molecule has 1 aliphatic rings. The number of hydrogen-bond acceptors (Lipinski definition) is 5. The van der Waals surface area contributed by atoms with Crippen LogP contribution in [0.15, 0.2) is 9.72 Å². The van der Waals surface area contributed by atoms with Gasteiger partial charge in [0, 0.05) is 6.54 Å². The summed E-state index contributed by atoms with van der Waals surface area (Å²) in [6.45, 7) is 2.43. The Bertz CT molecular complexity index is 588. The maximum atomic E-state index is 12.2. The molecule has 0 aromatic carbocycles. The van der Waals surface area contributed by atoms with E-state index in [1.165, 1.54) is 5.51 Å². The Kier molecular flexibility index (Phi) is 4.46. The molecule has 1 fully saturated rings. The molecule has 1 heterocycles. The number of nitrogens with zero attached hydrogens (tertiary/aromatic N) is 1. The van der Waals surface area contributed by atoms with Crippen molar-refractivity contribution in [2.75, 3.05) is 6.54 Å². The maximum Gasteiger partial charge on any atom is 0.356 e. The molecule has 20 heavy (non-hydrogen) atoms. The topological polar surface area (TPSA) is 96.4 Å². The predicted octanol–water partition coefficient (Wildman–Crippen LogP) is 2.09.